The first-order valence-corrected chi connectivity index (χ1v) is 7.67. The van der Waals surface area contributed by atoms with Crippen LogP contribution < -0.4 is 11.1 Å². The molecule has 0 bridgehead atoms. The molecule has 1 amide bonds. The van der Waals surface area contributed by atoms with Crippen LogP contribution in [0.1, 0.15) is 34.6 Å². The highest BCUT2D eigenvalue weighted by molar-refractivity contribution is 9.10. The molecule has 0 aliphatic rings. The summed E-state index contributed by atoms with van der Waals surface area (Å²) >= 11 is 5.00. The van der Waals surface area contributed by atoms with Gasteiger partial charge in [-0.1, -0.05) is 28.9 Å². The molecule has 2 rings (SSSR count). The van der Waals surface area contributed by atoms with Crippen molar-refractivity contribution in [3.05, 3.63) is 50.6 Å². The van der Waals surface area contributed by atoms with Crippen molar-refractivity contribution in [3.8, 4) is 0 Å². The average molecular weight is 339 g/mol. The summed E-state index contributed by atoms with van der Waals surface area (Å²) in [6.45, 7) is 2.06. The molecule has 0 saturated carbocycles. The van der Waals surface area contributed by atoms with Gasteiger partial charge < -0.3 is 11.1 Å². The van der Waals surface area contributed by atoms with E-state index in [0.717, 1.165) is 10.9 Å². The van der Waals surface area contributed by atoms with E-state index in [1.165, 1.54) is 4.88 Å². The van der Waals surface area contributed by atoms with Gasteiger partial charge in [0.05, 0.1) is 6.04 Å². The second kappa shape index (κ2) is 6.21. The molecule has 0 aliphatic heterocycles. The molecule has 2 aromatic rings. The van der Waals surface area contributed by atoms with Crippen molar-refractivity contribution in [3.63, 3.8) is 0 Å². The molecule has 0 radical (unpaired) electrons. The molecule has 0 aliphatic carbocycles. The lowest BCUT2D eigenvalue weighted by Gasteiger charge is -2.15. The lowest BCUT2D eigenvalue weighted by Crippen LogP contribution is -2.27. The Kier molecular flexibility index (Phi) is 4.61. The number of nitrogens with two attached hydrogens (primary N) is 1. The number of nitrogens with one attached hydrogen (secondary N) is 1. The highest BCUT2D eigenvalue weighted by Crippen LogP contribution is 2.23. The minimum atomic E-state index is -0.103. The molecule has 100 valence electrons. The first kappa shape index (κ1) is 14.1. The van der Waals surface area contributed by atoms with Crippen molar-refractivity contribution in [2.75, 3.05) is 5.73 Å². The van der Waals surface area contributed by atoms with Gasteiger partial charge in [-0.15, -0.1) is 11.3 Å². The number of carbonyl (C=O) groups excluding carboxylic acids is 1. The van der Waals surface area contributed by atoms with E-state index in [1.54, 1.807) is 29.5 Å². The van der Waals surface area contributed by atoms with Crippen LogP contribution in [-0.2, 0) is 0 Å². The smallest absolute Gasteiger partial charge is 0.251 e. The Morgan fingerprint density at radius 3 is 2.84 bits per heavy atom. The number of thiophene rings is 1. The Labute approximate surface area is 125 Å². The molecule has 1 atom stereocenters. The van der Waals surface area contributed by atoms with Crippen molar-refractivity contribution in [2.45, 2.75) is 19.4 Å². The second-order valence-electron chi connectivity index (χ2n) is 4.22. The van der Waals surface area contributed by atoms with Crippen LogP contribution in [-0.4, -0.2) is 5.91 Å². The Hall–Kier alpha value is -1.33. The highest BCUT2D eigenvalue weighted by Gasteiger charge is 2.15. The van der Waals surface area contributed by atoms with Gasteiger partial charge in [0, 0.05) is 20.6 Å². The third-order valence-corrected chi connectivity index (χ3v) is 4.23. The maximum Gasteiger partial charge on any atom is 0.251 e. The summed E-state index contributed by atoms with van der Waals surface area (Å²) in [6, 6.07) is 9.30. The number of halogens is 1. The Balaban J connectivity index is 2.15. The van der Waals surface area contributed by atoms with Crippen LogP contribution in [0, 0.1) is 0 Å². The summed E-state index contributed by atoms with van der Waals surface area (Å²) in [5, 5.41) is 5.05. The molecule has 0 saturated heterocycles. The lowest BCUT2D eigenvalue weighted by atomic mass is 10.1. The number of anilines is 1. The summed E-state index contributed by atoms with van der Waals surface area (Å²) in [6.07, 6.45) is 0.857. The lowest BCUT2D eigenvalue weighted by molar-refractivity contribution is 0.0936. The summed E-state index contributed by atoms with van der Waals surface area (Å²) in [4.78, 5) is 13.4. The van der Waals surface area contributed by atoms with Crippen molar-refractivity contribution >= 4 is 38.9 Å². The summed E-state index contributed by atoms with van der Waals surface area (Å²) in [5.74, 6) is -0.103. The van der Waals surface area contributed by atoms with E-state index >= 15 is 0 Å². The van der Waals surface area contributed by atoms with Crippen LogP contribution in [0.4, 0.5) is 5.69 Å². The van der Waals surface area contributed by atoms with Crippen LogP contribution >= 0.6 is 27.3 Å². The molecule has 1 aromatic heterocycles. The normalized spacial score (nSPS) is 12.1. The van der Waals surface area contributed by atoms with Gasteiger partial charge in [-0.25, -0.2) is 0 Å². The first-order chi connectivity index (χ1) is 9.10. The zero-order chi connectivity index (χ0) is 13.8. The number of hydrogen-bond donors (Lipinski definition) is 2. The zero-order valence-corrected chi connectivity index (χ0v) is 12.9. The molecule has 5 heteroatoms. The van der Waals surface area contributed by atoms with E-state index in [4.69, 9.17) is 5.73 Å². The van der Waals surface area contributed by atoms with Gasteiger partial charge in [-0.2, -0.15) is 0 Å². The maximum atomic E-state index is 12.2. The zero-order valence-electron chi connectivity index (χ0n) is 10.5. The van der Waals surface area contributed by atoms with E-state index in [9.17, 15) is 4.79 Å². The SMILES string of the molecule is CCC(NC(=O)c1cc(N)cc(Br)c1)c1cccs1. The van der Waals surface area contributed by atoms with Gasteiger partial charge in [0.2, 0.25) is 0 Å². The van der Waals surface area contributed by atoms with E-state index < -0.39 is 0 Å². The largest absolute Gasteiger partial charge is 0.399 e. The molecule has 1 heterocycles. The van der Waals surface area contributed by atoms with E-state index in [2.05, 4.69) is 28.2 Å². The van der Waals surface area contributed by atoms with Crippen LogP contribution in [0.2, 0.25) is 0 Å². The summed E-state index contributed by atoms with van der Waals surface area (Å²) < 4.78 is 0.807. The molecular weight excluding hydrogens is 324 g/mol. The highest BCUT2D eigenvalue weighted by atomic mass is 79.9. The number of carbonyl (C=O) groups is 1. The number of rotatable bonds is 4. The minimum Gasteiger partial charge on any atom is -0.399 e. The Morgan fingerprint density at radius 1 is 1.47 bits per heavy atom. The van der Waals surface area contributed by atoms with Gasteiger partial charge in [-0.3, -0.25) is 4.79 Å². The summed E-state index contributed by atoms with van der Waals surface area (Å²) in [7, 11) is 0. The molecule has 0 fully saturated rings. The monoisotopic (exact) mass is 338 g/mol. The molecule has 3 nitrogen and oxygen atoms in total. The van der Waals surface area contributed by atoms with Gasteiger partial charge in [0.1, 0.15) is 0 Å². The van der Waals surface area contributed by atoms with Gasteiger partial charge in [-0.05, 0) is 36.1 Å². The van der Waals surface area contributed by atoms with Gasteiger partial charge >= 0.3 is 0 Å². The minimum absolute atomic E-state index is 0.0488. The predicted molar refractivity (Wildman–Crippen MR) is 83.4 cm³/mol. The fraction of sp³-hybridized carbons (Fsp3) is 0.214. The number of nitrogen functional groups attached to an aromatic ring is 1. The second-order valence-corrected chi connectivity index (χ2v) is 6.12. The van der Waals surface area contributed by atoms with E-state index in [0.29, 0.717) is 11.3 Å². The molecule has 3 N–H and O–H groups in total. The van der Waals surface area contributed by atoms with Crippen LogP contribution in [0.5, 0.6) is 0 Å². The predicted octanol–water partition coefficient (Wildman–Crippen LogP) is 3.97. The molecule has 1 aromatic carbocycles. The third kappa shape index (κ3) is 3.58. The first-order valence-electron chi connectivity index (χ1n) is 6.00. The Morgan fingerprint density at radius 2 is 2.26 bits per heavy atom. The van der Waals surface area contributed by atoms with Crippen molar-refractivity contribution < 1.29 is 4.79 Å². The summed E-state index contributed by atoms with van der Waals surface area (Å²) in [5.41, 5.74) is 6.89. The van der Waals surface area contributed by atoms with Crippen LogP contribution in [0.3, 0.4) is 0 Å². The number of benzene rings is 1. The van der Waals surface area contributed by atoms with Gasteiger partial charge in [0.25, 0.3) is 5.91 Å². The fourth-order valence-electron chi connectivity index (χ4n) is 1.85. The quantitative estimate of drug-likeness (QED) is 0.828. The standard InChI is InChI=1S/C14H15BrN2OS/c1-2-12(13-4-3-5-19-13)17-14(18)9-6-10(15)8-11(16)7-9/h3-8,12H,2,16H2,1H3,(H,17,18). The van der Waals surface area contributed by atoms with Crippen LogP contribution in [0.25, 0.3) is 0 Å². The molecular formula is C14H15BrN2OS. The molecule has 19 heavy (non-hydrogen) atoms. The fourth-order valence-corrected chi connectivity index (χ4v) is 3.22. The third-order valence-electron chi connectivity index (χ3n) is 2.78. The maximum absolute atomic E-state index is 12.2. The Bertz CT molecular complexity index is 549. The van der Waals surface area contributed by atoms with Crippen molar-refractivity contribution in [1.29, 1.82) is 0 Å². The number of hydrogen-bond acceptors (Lipinski definition) is 3. The van der Waals surface area contributed by atoms with Gasteiger partial charge in [0.15, 0.2) is 0 Å². The van der Waals surface area contributed by atoms with Crippen molar-refractivity contribution in [2.24, 2.45) is 0 Å². The molecule has 0 spiro atoms. The topological polar surface area (TPSA) is 55.1 Å². The average Bonchev–Trinajstić information content (AvgIpc) is 2.88. The van der Waals surface area contributed by atoms with E-state index in [1.807, 2.05) is 17.5 Å². The number of amides is 1. The van der Waals surface area contributed by atoms with Crippen LogP contribution in [0.15, 0.2) is 40.2 Å². The van der Waals surface area contributed by atoms with E-state index in [-0.39, 0.29) is 11.9 Å². The van der Waals surface area contributed by atoms with Crippen molar-refractivity contribution in [1.82, 2.24) is 5.32 Å². The molecule has 1 unspecified atom stereocenters.